The molecule has 0 aliphatic heterocycles. The van der Waals surface area contributed by atoms with Crippen LogP contribution in [-0.4, -0.2) is 27.1 Å². The zero-order chi connectivity index (χ0) is 28.6. The maximum atomic E-state index is 13.6. The van der Waals surface area contributed by atoms with Crippen LogP contribution in [0.15, 0.2) is 120 Å². The number of hydrogen-bond acceptors (Lipinski definition) is 5. The Labute approximate surface area is 239 Å². The van der Waals surface area contributed by atoms with Gasteiger partial charge in [0.25, 0.3) is 0 Å². The molecule has 204 valence electrons. The second-order valence-electron chi connectivity index (χ2n) is 9.73. The van der Waals surface area contributed by atoms with Crippen LogP contribution in [0.4, 0.5) is 8.78 Å². The number of rotatable bonds is 6. The summed E-state index contributed by atoms with van der Waals surface area (Å²) in [5.74, 6) is 0.962. The van der Waals surface area contributed by atoms with Crippen LogP contribution in [0.3, 0.4) is 0 Å². The normalized spacial score (nSPS) is 11.2. The number of aromatic nitrogens is 4. The molecule has 0 N–H and O–H groups in total. The van der Waals surface area contributed by atoms with Crippen molar-refractivity contribution in [2.24, 2.45) is 0 Å². The highest BCUT2D eigenvalue weighted by Crippen LogP contribution is 2.36. The molecule has 0 saturated heterocycles. The van der Waals surface area contributed by atoms with Gasteiger partial charge in [-0.25, -0.2) is 18.4 Å². The standard InChI is InChI=1S/C34H22F2N4O2/c1-41-30-17-10-24-18-26(3-2-25(24)19-30)31-20-40(39-38-31)29-15-8-23(9-16-29)34-37-32(21-4-11-27(35)12-5-21)33(42-34)22-6-13-28(36)14-7-22/h2-20H,1H3. The largest absolute Gasteiger partial charge is 0.497 e. The van der Waals surface area contributed by atoms with Crippen molar-refractivity contribution in [1.29, 1.82) is 0 Å². The lowest BCUT2D eigenvalue weighted by Crippen LogP contribution is -1.94. The molecule has 0 fully saturated rings. The first-order chi connectivity index (χ1) is 20.5. The Morgan fingerprint density at radius 1 is 0.667 bits per heavy atom. The molecule has 0 unspecified atom stereocenters. The van der Waals surface area contributed by atoms with Gasteiger partial charge >= 0.3 is 0 Å². The van der Waals surface area contributed by atoms with E-state index in [1.54, 1.807) is 36.1 Å². The number of oxazole rings is 1. The quantitative estimate of drug-likeness (QED) is 0.206. The third kappa shape index (κ3) is 4.79. The van der Waals surface area contributed by atoms with Crippen LogP contribution in [0.1, 0.15) is 0 Å². The molecule has 0 aliphatic rings. The van der Waals surface area contributed by atoms with Crippen LogP contribution >= 0.6 is 0 Å². The lowest BCUT2D eigenvalue weighted by molar-refractivity contribution is 0.415. The van der Waals surface area contributed by atoms with Gasteiger partial charge in [-0.05, 0) is 102 Å². The molecule has 8 heteroatoms. The first-order valence-electron chi connectivity index (χ1n) is 13.2. The summed E-state index contributed by atoms with van der Waals surface area (Å²) in [5, 5.41) is 10.9. The molecule has 7 rings (SSSR count). The summed E-state index contributed by atoms with van der Waals surface area (Å²) >= 11 is 0. The van der Waals surface area contributed by atoms with Crippen molar-refractivity contribution >= 4 is 10.8 Å². The third-order valence-corrected chi connectivity index (χ3v) is 7.07. The Bertz CT molecular complexity index is 1970. The highest BCUT2D eigenvalue weighted by atomic mass is 19.1. The van der Waals surface area contributed by atoms with Crippen LogP contribution in [0.2, 0.25) is 0 Å². The Morgan fingerprint density at radius 2 is 1.29 bits per heavy atom. The fourth-order valence-corrected chi connectivity index (χ4v) is 4.83. The molecule has 0 atom stereocenters. The van der Waals surface area contributed by atoms with E-state index in [1.807, 2.05) is 60.8 Å². The van der Waals surface area contributed by atoms with Crippen LogP contribution in [0.25, 0.3) is 61.8 Å². The SMILES string of the molecule is COc1ccc2cc(-c3cn(-c4ccc(-c5nc(-c6ccc(F)cc6)c(-c6ccc(F)cc6)o5)cc4)nn3)ccc2c1. The van der Waals surface area contributed by atoms with Gasteiger partial charge in [-0.3, -0.25) is 0 Å². The fraction of sp³-hybridized carbons (Fsp3) is 0.0294. The molecule has 0 radical (unpaired) electrons. The first kappa shape index (κ1) is 25.3. The van der Waals surface area contributed by atoms with Gasteiger partial charge in [0.2, 0.25) is 5.89 Å². The Morgan fingerprint density at radius 3 is 2.00 bits per heavy atom. The van der Waals surface area contributed by atoms with Crippen molar-refractivity contribution in [2.45, 2.75) is 0 Å². The molecule has 2 aromatic heterocycles. The van der Waals surface area contributed by atoms with Crippen molar-refractivity contribution < 1.29 is 17.9 Å². The molecule has 7 aromatic rings. The van der Waals surface area contributed by atoms with E-state index in [4.69, 9.17) is 14.1 Å². The Kier molecular flexibility index (Phi) is 6.28. The van der Waals surface area contributed by atoms with Crippen molar-refractivity contribution in [3.8, 4) is 56.7 Å². The molecule has 5 aromatic carbocycles. The average molecular weight is 557 g/mol. The number of methoxy groups -OCH3 is 1. The van der Waals surface area contributed by atoms with Crippen LogP contribution < -0.4 is 4.74 Å². The minimum Gasteiger partial charge on any atom is -0.497 e. The minimum atomic E-state index is -0.352. The maximum Gasteiger partial charge on any atom is 0.227 e. The molecule has 2 heterocycles. The molecular weight excluding hydrogens is 534 g/mol. The number of ether oxygens (including phenoxy) is 1. The van der Waals surface area contributed by atoms with E-state index >= 15 is 0 Å². The molecule has 0 saturated carbocycles. The molecule has 42 heavy (non-hydrogen) atoms. The third-order valence-electron chi connectivity index (χ3n) is 7.07. The summed E-state index contributed by atoms with van der Waals surface area (Å²) in [6.07, 6.45) is 1.88. The van der Waals surface area contributed by atoms with E-state index < -0.39 is 0 Å². The van der Waals surface area contributed by atoms with Gasteiger partial charge in [-0.2, -0.15) is 0 Å². The number of halogens is 2. The molecule has 0 spiro atoms. The molecule has 0 bridgehead atoms. The van der Waals surface area contributed by atoms with E-state index in [0.29, 0.717) is 28.5 Å². The molecule has 6 nitrogen and oxygen atoms in total. The van der Waals surface area contributed by atoms with Gasteiger partial charge in [0.15, 0.2) is 5.76 Å². The second-order valence-corrected chi connectivity index (χ2v) is 9.73. The average Bonchev–Trinajstić information content (AvgIpc) is 3.70. The maximum absolute atomic E-state index is 13.6. The Hall–Kier alpha value is -5.63. The molecule has 0 aliphatic carbocycles. The summed E-state index contributed by atoms with van der Waals surface area (Å²) < 4.78 is 40.4. The number of benzene rings is 5. The Balaban J connectivity index is 1.19. The summed E-state index contributed by atoms with van der Waals surface area (Å²) in [4.78, 5) is 4.74. The molecular formula is C34H22F2N4O2. The summed E-state index contributed by atoms with van der Waals surface area (Å²) in [6, 6.07) is 31.7. The van der Waals surface area contributed by atoms with Crippen molar-refractivity contribution in [1.82, 2.24) is 20.0 Å². The van der Waals surface area contributed by atoms with Crippen molar-refractivity contribution in [2.75, 3.05) is 7.11 Å². The lowest BCUT2D eigenvalue weighted by atomic mass is 10.1. The first-order valence-corrected chi connectivity index (χ1v) is 13.2. The van der Waals surface area contributed by atoms with Crippen molar-refractivity contribution in [3.05, 3.63) is 127 Å². The van der Waals surface area contributed by atoms with E-state index in [1.165, 1.54) is 24.3 Å². The van der Waals surface area contributed by atoms with E-state index in [2.05, 4.69) is 16.4 Å². The van der Waals surface area contributed by atoms with Crippen LogP contribution in [-0.2, 0) is 0 Å². The van der Waals surface area contributed by atoms with Crippen LogP contribution in [0.5, 0.6) is 5.75 Å². The summed E-state index contributed by atoms with van der Waals surface area (Å²) in [6.45, 7) is 0. The minimum absolute atomic E-state index is 0.348. The highest BCUT2D eigenvalue weighted by Gasteiger charge is 2.19. The van der Waals surface area contributed by atoms with Gasteiger partial charge in [0.05, 0.1) is 19.0 Å². The number of hydrogen-bond donors (Lipinski definition) is 0. The van der Waals surface area contributed by atoms with Gasteiger partial charge in [-0.15, -0.1) is 5.10 Å². The van der Waals surface area contributed by atoms with Gasteiger partial charge in [-0.1, -0.05) is 23.4 Å². The molecule has 0 amide bonds. The second kappa shape index (κ2) is 10.4. The highest BCUT2D eigenvalue weighted by molar-refractivity contribution is 5.88. The summed E-state index contributed by atoms with van der Waals surface area (Å²) in [7, 11) is 1.65. The number of fused-ring (bicyclic) bond motifs is 1. The zero-order valence-corrected chi connectivity index (χ0v) is 22.3. The zero-order valence-electron chi connectivity index (χ0n) is 22.3. The van der Waals surface area contributed by atoms with E-state index in [-0.39, 0.29) is 11.6 Å². The van der Waals surface area contributed by atoms with Gasteiger partial charge in [0.1, 0.15) is 28.8 Å². The predicted molar refractivity (Wildman–Crippen MR) is 157 cm³/mol. The van der Waals surface area contributed by atoms with Crippen LogP contribution in [0, 0.1) is 11.6 Å². The van der Waals surface area contributed by atoms with Gasteiger partial charge in [0, 0.05) is 22.3 Å². The van der Waals surface area contributed by atoms with E-state index in [9.17, 15) is 8.78 Å². The summed E-state index contributed by atoms with van der Waals surface area (Å²) in [5.41, 5.74) is 5.14. The fourth-order valence-electron chi connectivity index (χ4n) is 4.83. The predicted octanol–water partition coefficient (Wildman–Crippen LogP) is 8.36. The van der Waals surface area contributed by atoms with E-state index in [0.717, 1.165) is 39.0 Å². The lowest BCUT2D eigenvalue weighted by Gasteiger charge is -2.04. The monoisotopic (exact) mass is 556 g/mol. The topological polar surface area (TPSA) is 66.0 Å². The number of nitrogens with zero attached hydrogens (tertiary/aromatic N) is 4. The van der Waals surface area contributed by atoms with Crippen molar-refractivity contribution in [3.63, 3.8) is 0 Å². The smallest absolute Gasteiger partial charge is 0.227 e. The van der Waals surface area contributed by atoms with Gasteiger partial charge < -0.3 is 9.15 Å².